The lowest BCUT2D eigenvalue weighted by Gasteiger charge is -2.12. The Morgan fingerprint density at radius 3 is 2.70 bits per heavy atom. The molecule has 2 atom stereocenters. The number of fused-ring (bicyclic) bond motifs is 4. The summed E-state index contributed by atoms with van der Waals surface area (Å²) in [7, 11) is 0. The highest BCUT2D eigenvalue weighted by Crippen LogP contribution is 2.34. The van der Waals surface area contributed by atoms with Crippen molar-refractivity contribution in [2.24, 2.45) is 0 Å². The van der Waals surface area contributed by atoms with Gasteiger partial charge in [0.1, 0.15) is 18.0 Å². The Kier molecular flexibility index (Phi) is 3.40. The quantitative estimate of drug-likeness (QED) is 0.507. The van der Waals surface area contributed by atoms with E-state index >= 15 is 0 Å². The first-order chi connectivity index (χ1) is 13.0. The molecule has 1 aliphatic heterocycles. The molecule has 2 N–H and O–H groups in total. The molecule has 0 bridgehead atoms. The van der Waals surface area contributed by atoms with Crippen molar-refractivity contribution in [3.8, 4) is 11.4 Å². The molecular formula is C19H18N6O2. The number of benzene rings is 1. The van der Waals surface area contributed by atoms with Crippen molar-refractivity contribution in [3.63, 3.8) is 0 Å². The molecule has 0 radical (unpaired) electrons. The van der Waals surface area contributed by atoms with Crippen LogP contribution < -0.4 is 0 Å². The van der Waals surface area contributed by atoms with E-state index in [1.807, 2.05) is 36.6 Å². The molecule has 4 heterocycles. The van der Waals surface area contributed by atoms with E-state index in [2.05, 4.69) is 26.1 Å². The summed E-state index contributed by atoms with van der Waals surface area (Å²) in [6.07, 6.45) is 0.966. The molecular weight excluding hydrogens is 344 g/mol. The highest BCUT2D eigenvalue weighted by Gasteiger charge is 2.30. The molecule has 0 spiro atoms. The number of hydrogen-bond donors (Lipinski definition) is 2. The van der Waals surface area contributed by atoms with Crippen molar-refractivity contribution in [2.75, 3.05) is 0 Å². The number of imidazole rings is 1. The van der Waals surface area contributed by atoms with Gasteiger partial charge in [-0.3, -0.25) is 4.98 Å². The summed E-state index contributed by atoms with van der Waals surface area (Å²) in [5.74, 6) is 0.945. The van der Waals surface area contributed by atoms with Crippen LogP contribution in [0.25, 0.3) is 17.0 Å². The second kappa shape index (κ2) is 5.70. The lowest BCUT2D eigenvalue weighted by Crippen LogP contribution is -2.13. The van der Waals surface area contributed by atoms with E-state index in [1.165, 1.54) is 5.56 Å². The van der Waals surface area contributed by atoms with Crippen LogP contribution in [0.2, 0.25) is 0 Å². The van der Waals surface area contributed by atoms with Crippen LogP contribution in [-0.2, 0) is 6.54 Å². The summed E-state index contributed by atoms with van der Waals surface area (Å²) in [4.78, 5) is 13.2. The van der Waals surface area contributed by atoms with Crippen LogP contribution >= 0.6 is 0 Å². The number of hydrogen-bond acceptors (Lipinski definition) is 6. The second-order valence-electron chi connectivity index (χ2n) is 6.85. The Bertz CT molecular complexity index is 1140. The summed E-state index contributed by atoms with van der Waals surface area (Å²) in [6, 6.07) is 8.04. The third-order valence-corrected chi connectivity index (χ3v) is 4.99. The largest absolute Gasteiger partial charge is 0.384 e. The summed E-state index contributed by atoms with van der Waals surface area (Å²) < 4.78 is 3.60. The van der Waals surface area contributed by atoms with E-state index in [1.54, 1.807) is 16.9 Å². The highest BCUT2D eigenvalue weighted by molar-refractivity contribution is 5.65. The standard InChI is InChI=1S/C19H18N6O2/c1-10-7-20-11(2)18-22-17(23-25(10)18)16(27)15(26)14-9-24-8-12-5-3-4-6-13(12)19(24)21-14/h3-7,9,15-16,26-27H,8H2,1-2H3. The van der Waals surface area contributed by atoms with Crippen molar-refractivity contribution in [3.05, 3.63) is 65.1 Å². The lowest BCUT2D eigenvalue weighted by molar-refractivity contribution is 0.00957. The first-order valence-corrected chi connectivity index (χ1v) is 8.73. The zero-order valence-corrected chi connectivity index (χ0v) is 14.9. The Balaban J connectivity index is 1.50. The Labute approximate surface area is 154 Å². The zero-order valence-electron chi connectivity index (χ0n) is 14.9. The van der Waals surface area contributed by atoms with Crippen molar-refractivity contribution in [1.29, 1.82) is 0 Å². The van der Waals surface area contributed by atoms with Crippen LogP contribution in [0.5, 0.6) is 0 Å². The molecule has 4 aromatic rings. The molecule has 5 rings (SSSR count). The average Bonchev–Trinajstić information content (AvgIpc) is 3.36. The number of aryl methyl sites for hydroxylation is 2. The van der Waals surface area contributed by atoms with Gasteiger partial charge in [0.2, 0.25) is 0 Å². The smallest absolute Gasteiger partial charge is 0.183 e. The molecule has 2 unspecified atom stereocenters. The van der Waals surface area contributed by atoms with Crippen molar-refractivity contribution < 1.29 is 10.2 Å². The number of rotatable bonds is 3. The van der Waals surface area contributed by atoms with Gasteiger partial charge in [0.25, 0.3) is 0 Å². The van der Waals surface area contributed by atoms with Crippen LogP contribution in [0, 0.1) is 13.8 Å². The van der Waals surface area contributed by atoms with E-state index < -0.39 is 12.2 Å². The fourth-order valence-corrected chi connectivity index (χ4v) is 3.51. The second-order valence-corrected chi connectivity index (χ2v) is 6.85. The fraction of sp³-hybridized carbons (Fsp3) is 0.263. The van der Waals surface area contributed by atoms with Crippen molar-refractivity contribution >= 4 is 5.65 Å². The van der Waals surface area contributed by atoms with Crippen molar-refractivity contribution in [2.45, 2.75) is 32.6 Å². The Morgan fingerprint density at radius 1 is 1.07 bits per heavy atom. The van der Waals surface area contributed by atoms with Crippen LogP contribution in [0.3, 0.4) is 0 Å². The minimum atomic E-state index is -1.28. The van der Waals surface area contributed by atoms with Gasteiger partial charge in [0.05, 0.1) is 17.1 Å². The summed E-state index contributed by atoms with van der Waals surface area (Å²) in [6.45, 7) is 4.39. The lowest BCUT2D eigenvalue weighted by atomic mass is 10.1. The molecule has 0 saturated heterocycles. The van der Waals surface area contributed by atoms with E-state index in [-0.39, 0.29) is 5.82 Å². The predicted octanol–water partition coefficient (Wildman–Crippen LogP) is 1.73. The molecule has 136 valence electrons. The molecule has 8 nitrogen and oxygen atoms in total. The van der Waals surface area contributed by atoms with Gasteiger partial charge in [-0.05, 0) is 19.4 Å². The highest BCUT2D eigenvalue weighted by atomic mass is 16.3. The first kappa shape index (κ1) is 16.1. The van der Waals surface area contributed by atoms with Gasteiger partial charge >= 0.3 is 0 Å². The molecule has 0 aliphatic carbocycles. The van der Waals surface area contributed by atoms with Crippen molar-refractivity contribution in [1.82, 2.24) is 29.1 Å². The summed E-state index contributed by atoms with van der Waals surface area (Å²) in [5.41, 5.74) is 4.72. The van der Waals surface area contributed by atoms with Gasteiger partial charge < -0.3 is 14.8 Å². The minimum absolute atomic E-state index is 0.148. The van der Waals surface area contributed by atoms with Gasteiger partial charge in [0.15, 0.2) is 11.5 Å². The van der Waals surface area contributed by atoms with Crippen LogP contribution in [0.1, 0.15) is 40.7 Å². The normalized spacial score (nSPS) is 15.0. The number of aliphatic hydroxyl groups is 2. The molecule has 3 aromatic heterocycles. The third kappa shape index (κ3) is 2.37. The maximum absolute atomic E-state index is 10.7. The van der Waals surface area contributed by atoms with Crippen LogP contribution in [-0.4, -0.2) is 39.3 Å². The van der Waals surface area contributed by atoms with Crippen LogP contribution in [0.15, 0.2) is 36.7 Å². The SMILES string of the molecule is Cc1ncc(C)n2nc(C(O)C(O)c3cn4c(n3)-c3ccccc3C4)nc12. The van der Waals surface area contributed by atoms with Gasteiger partial charge in [0, 0.05) is 24.5 Å². The summed E-state index contributed by atoms with van der Waals surface area (Å²) >= 11 is 0. The van der Waals surface area contributed by atoms with Gasteiger partial charge in [-0.1, -0.05) is 24.3 Å². The molecule has 8 heteroatoms. The van der Waals surface area contributed by atoms with Gasteiger partial charge in [-0.25, -0.2) is 14.5 Å². The van der Waals surface area contributed by atoms with E-state index in [4.69, 9.17) is 0 Å². The maximum Gasteiger partial charge on any atom is 0.183 e. The molecule has 1 aliphatic rings. The maximum atomic E-state index is 10.7. The summed E-state index contributed by atoms with van der Waals surface area (Å²) in [5, 5.41) is 25.7. The zero-order chi connectivity index (χ0) is 18.7. The molecule has 1 aromatic carbocycles. The minimum Gasteiger partial charge on any atom is -0.384 e. The molecule has 0 saturated carbocycles. The van der Waals surface area contributed by atoms with Crippen LogP contribution in [0.4, 0.5) is 0 Å². The van der Waals surface area contributed by atoms with E-state index in [9.17, 15) is 10.2 Å². The van der Waals surface area contributed by atoms with E-state index in [0.717, 1.165) is 17.1 Å². The molecule has 0 amide bonds. The molecule has 27 heavy (non-hydrogen) atoms. The number of nitrogens with zero attached hydrogens (tertiary/aromatic N) is 6. The van der Waals surface area contributed by atoms with Gasteiger partial charge in [-0.15, -0.1) is 5.10 Å². The predicted molar refractivity (Wildman–Crippen MR) is 96.9 cm³/mol. The Morgan fingerprint density at radius 2 is 1.89 bits per heavy atom. The topological polar surface area (TPSA) is 101 Å². The average molecular weight is 362 g/mol. The monoisotopic (exact) mass is 362 g/mol. The first-order valence-electron chi connectivity index (χ1n) is 8.73. The molecule has 0 fully saturated rings. The number of aliphatic hydroxyl groups excluding tert-OH is 2. The fourth-order valence-electron chi connectivity index (χ4n) is 3.51. The number of aromatic nitrogens is 6. The van der Waals surface area contributed by atoms with Gasteiger partial charge in [-0.2, -0.15) is 0 Å². The third-order valence-electron chi connectivity index (χ3n) is 4.99. The van der Waals surface area contributed by atoms with E-state index in [0.29, 0.717) is 23.6 Å². The Hall–Kier alpha value is -3.10.